The van der Waals surface area contributed by atoms with Crippen LogP contribution in [-0.4, -0.2) is 40.9 Å². The zero-order valence-electron chi connectivity index (χ0n) is 15.0. The Morgan fingerprint density at radius 1 is 1.35 bits per heavy atom. The molecule has 1 aliphatic rings. The van der Waals surface area contributed by atoms with Crippen molar-refractivity contribution in [2.45, 2.75) is 25.9 Å². The molecule has 1 fully saturated rings. The van der Waals surface area contributed by atoms with Crippen molar-refractivity contribution in [1.29, 1.82) is 0 Å². The van der Waals surface area contributed by atoms with Gasteiger partial charge in [0, 0.05) is 24.9 Å². The Balaban J connectivity index is 1.78. The van der Waals surface area contributed by atoms with E-state index < -0.39 is 0 Å². The van der Waals surface area contributed by atoms with Gasteiger partial charge in [-0.3, -0.25) is 4.40 Å². The van der Waals surface area contributed by atoms with Gasteiger partial charge in [-0.05, 0) is 49.6 Å². The van der Waals surface area contributed by atoms with Crippen LogP contribution in [0.3, 0.4) is 0 Å². The van der Waals surface area contributed by atoms with E-state index in [1.54, 1.807) is 19.2 Å². The van der Waals surface area contributed by atoms with Crippen LogP contribution >= 0.6 is 0 Å². The third-order valence-corrected chi connectivity index (χ3v) is 4.74. The van der Waals surface area contributed by atoms with Gasteiger partial charge in [0.05, 0.1) is 13.2 Å². The number of phenols is 1. The zero-order chi connectivity index (χ0) is 18.1. The maximum Gasteiger partial charge on any atom is 0.161 e. The summed E-state index contributed by atoms with van der Waals surface area (Å²) in [5, 5.41) is 13.4. The Morgan fingerprint density at radius 2 is 2.23 bits per heavy atom. The van der Waals surface area contributed by atoms with Crippen LogP contribution in [0.25, 0.3) is 16.9 Å². The Kier molecular flexibility index (Phi) is 4.42. The topological polar surface area (TPSA) is 68.0 Å². The van der Waals surface area contributed by atoms with Crippen molar-refractivity contribution < 1.29 is 14.6 Å². The van der Waals surface area contributed by atoms with E-state index in [2.05, 4.69) is 22.8 Å². The molecule has 1 saturated heterocycles. The number of rotatable bonds is 5. The Hall–Kier alpha value is -2.73. The minimum absolute atomic E-state index is 0.115. The largest absolute Gasteiger partial charge is 0.504 e. The number of hydrogen-bond acceptors (Lipinski definition) is 5. The van der Waals surface area contributed by atoms with Crippen molar-refractivity contribution in [2.75, 3.05) is 25.6 Å². The van der Waals surface area contributed by atoms with Gasteiger partial charge in [0.25, 0.3) is 0 Å². The van der Waals surface area contributed by atoms with Crippen molar-refractivity contribution >= 4 is 11.5 Å². The zero-order valence-corrected chi connectivity index (χ0v) is 15.0. The number of imidazole rings is 1. The standard InChI is InChI=1S/C20H23N3O3/c1-13-5-8-18-22-19(14-6-7-16(24)17(10-14)25-2)20(23(18)12-13)21-11-15-4-3-9-26-15/h5-8,10,12,15,21,24H,3-4,9,11H2,1-2H3/t15-/m0/s1. The number of hydrogen-bond donors (Lipinski definition) is 2. The highest BCUT2D eigenvalue weighted by Crippen LogP contribution is 2.35. The van der Waals surface area contributed by atoms with Crippen LogP contribution in [0.15, 0.2) is 36.5 Å². The van der Waals surface area contributed by atoms with Gasteiger partial charge in [-0.15, -0.1) is 0 Å². The lowest BCUT2D eigenvalue weighted by molar-refractivity contribution is 0.120. The van der Waals surface area contributed by atoms with Crippen LogP contribution in [0.2, 0.25) is 0 Å². The second-order valence-electron chi connectivity index (χ2n) is 6.65. The van der Waals surface area contributed by atoms with Gasteiger partial charge >= 0.3 is 0 Å². The molecule has 0 amide bonds. The average Bonchev–Trinajstić information content (AvgIpc) is 3.28. The van der Waals surface area contributed by atoms with Crippen LogP contribution in [0.1, 0.15) is 18.4 Å². The van der Waals surface area contributed by atoms with Crippen LogP contribution < -0.4 is 10.1 Å². The summed E-state index contributed by atoms with van der Waals surface area (Å²) in [5.74, 6) is 1.47. The summed E-state index contributed by atoms with van der Waals surface area (Å²) in [5.41, 5.74) is 3.74. The van der Waals surface area contributed by atoms with Crippen molar-refractivity contribution in [3.8, 4) is 22.8 Å². The first-order valence-corrected chi connectivity index (χ1v) is 8.87. The number of nitrogens with zero attached hydrogens (tertiary/aromatic N) is 2. The highest BCUT2D eigenvalue weighted by atomic mass is 16.5. The van der Waals surface area contributed by atoms with Crippen molar-refractivity contribution in [1.82, 2.24) is 9.38 Å². The monoisotopic (exact) mass is 353 g/mol. The van der Waals surface area contributed by atoms with E-state index in [4.69, 9.17) is 14.5 Å². The summed E-state index contributed by atoms with van der Waals surface area (Å²) >= 11 is 0. The number of fused-ring (bicyclic) bond motifs is 1. The molecular formula is C20H23N3O3. The molecule has 6 nitrogen and oxygen atoms in total. The fraction of sp³-hybridized carbons (Fsp3) is 0.350. The molecule has 1 aliphatic heterocycles. The van der Waals surface area contributed by atoms with Gasteiger partial charge in [0.15, 0.2) is 11.5 Å². The van der Waals surface area contributed by atoms with E-state index >= 15 is 0 Å². The highest BCUT2D eigenvalue weighted by molar-refractivity contribution is 5.78. The quantitative estimate of drug-likeness (QED) is 0.733. The summed E-state index contributed by atoms with van der Waals surface area (Å²) in [7, 11) is 1.54. The fourth-order valence-electron chi connectivity index (χ4n) is 3.36. The molecule has 0 bridgehead atoms. The number of ether oxygens (including phenoxy) is 2. The third kappa shape index (κ3) is 3.08. The predicted octanol–water partition coefficient (Wildman–Crippen LogP) is 3.61. The smallest absolute Gasteiger partial charge is 0.161 e. The second kappa shape index (κ2) is 6.88. The number of aromatic hydroxyl groups is 1. The number of nitrogens with one attached hydrogen (secondary N) is 1. The molecular weight excluding hydrogens is 330 g/mol. The number of aromatic nitrogens is 2. The number of methoxy groups -OCH3 is 1. The molecule has 2 aromatic heterocycles. The van der Waals surface area contributed by atoms with E-state index in [0.717, 1.165) is 54.3 Å². The minimum Gasteiger partial charge on any atom is -0.504 e. The van der Waals surface area contributed by atoms with Gasteiger partial charge in [-0.2, -0.15) is 0 Å². The summed E-state index contributed by atoms with van der Waals surface area (Å²) < 4.78 is 13.1. The van der Waals surface area contributed by atoms with Crippen molar-refractivity contribution in [3.63, 3.8) is 0 Å². The number of benzene rings is 1. The van der Waals surface area contributed by atoms with E-state index in [9.17, 15) is 5.11 Å². The predicted molar refractivity (Wildman–Crippen MR) is 101 cm³/mol. The maximum absolute atomic E-state index is 9.89. The highest BCUT2D eigenvalue weighted by Gasteiger charge is 2.19. The molecule has 0 spiro atoms. The maximum atomic E-state index is 9.89. The van der Waals surface area contributed by atoms with E-state index in [0.29, 0.717) is 5.75 Å². The molecule has 2 N–H and O–H groups in total. The van der Waals surface area contributed by atoms with E-state index in [1.807, 2.05) is 18.2 Å². The van der Waals surface area contributed by atoms with Crippen LogP contribution in [0.4, 0.5) is 5.82 Å². The molecule has 0 saturated carbocycles. The molecule has 1 atom stereocenters. The van der Waals surface area contributed by atoms with Gasteiger partial charge in [-0.25, -0.2) is 4.98 Å². The molecule has 4 rings (SSSR count). The molecule has 6 heteroatoms. The first-order valence-electron chi connectivity index (χ1n) is 8.87. The van der Waals surface area contributed by atoms with E-state index in [1.165, 1.54) is 0 Å². The van der Waals surface area contributed by atoms with Crippen molar-refractivity contribution in [3.05, 3.63) is 42.1 Å². The lowest BCUT2D eigenvalue weighted by Gasteiger charge is -2.14. The molecule has 3 heterocycles. The second-order valence-corrected chi connectivity index (χ2v) is 6.65. The molecule has 26 heavy (non-hydrogen) atoms. The van der Waals surface area contributed by atoms with Crippen LogP contribution in [0.5, 0.6) is 11.5 Å². The average molecular weight is 353 g/mol. The summed E-state index contributed by atoms with van der Waals surface area (Å²) in [4.78, 5) is 4.80. The van der Waals surface area contributed by atoms with E-state index in [-0.39, 0.29) is 11.9 Å². The molecule has 3 aromatic rings. The van der Waals surface area contributed by atoms with Gasteiger partial charge in [-0.1, -0.05) is 6.07 Å². The number of aryl methyl sites for hydroxylation is 1. The molecule has 0 radical (unpaired) electrons. The van der Waals surface area contributed by atoms with Crippen LogP contribution in [-0.2, 0) is 4.74 Å². The lowest BCUT2D eigenvalue weighted by atomic mass is 10.1. The number of pyridine rings is 1. The minimum atomic E-state index is 0.115. The van der Waals surface area contributed by atoms with Gasteiger partial charge in [0.1, 0.15) is 17.2 Å². The Morgan fingerprint density at radius 3 is 3.00 bits per heavy atom. The molecule has 0 aliphatic carbocycles. The molecule has 136 valence electrons. The SMILES string of the molecule is COc1cc(-c2nc3ccc(C)cn3c2NC[C@@H]2CCCO2)ccc1O. The van der Waals surface area contributed by atoms with Crippen molar-refractivity contribution in [2.24, 2.45) is 0 Å². The summed E-state index contributed by atoms with van der Waals surface area (Å²) in [6.45, 7) is 3.64. The molecule has 1 aromatic carbocycles. The van der Waals surface area contributed by atoms with Crippen LogP contribution in [0, 0.1) is 6.92 Å². The number of phenolic OH excluding ortho intramolecular Hbond substituents is 1. The van der Waals surface area contributed by atoms with Gasteiger partial charge in [0.2, 0.25) is 0 Å². The fourth-order valence-corrected chi connectivity index (χ4v) is 3.36. The lowest BCUT2D eigenvalue weighted by Crippen LogP contribution is -2.19. The van der Waals surface area contributed by atoms with Gasteiger partial charge < -0.3 is 19.9 Å². The third-order valence-electron chi connectivity index (χ3n) is 4.74. The first kappa shape index (κ1) is 16.7. The molecule has 0 unspecified atom stereocenters. The first-order chi connectivity index (χ1) is 12.7. The Bertz CT molecular complexity index is 929. The summed E-state index contributed by atoms with van der Waals surface area (Å²) in [6.07, 6.45) is 4.49. The number of anilines is 1. The summed E-state index contributed by atoms with van der Waals surface area (Å²) in [6, 6.07) is 9.35. The normalized spacial score (nSPS) is 16.9. The Labute approximate surface area is 152 Å².